The van der Waals surface area contributed by atoms with E-state index in [1.165, 1.54) is 7.05 Å². The Bertz CT molecular complexity index is 339. The fourth-order valence-electron chi connectivity index (χ4n) is 1.06. The molecule has 0 radical (unpaired) electrons. The molecule has 0 amide bonds. The van der Waals surface area contributed by atoms with Crippen LogP contribution in [0.2, 0.25) is 0 Å². The van der Waals surface area contributed by atoms with E-state index in [0.29, 0.717) is 0 Å². The molecule has 0 saturated carbocycles. The minimum absolute atomic E-state index is 0.00611. The summed E-state index contributed by atoms with van der Waals surface area (Å²) < 4.78 is 26.9. The van der Waals surface area contributed by atoms with Gasteiger partial charge in [0.2, 0.25) is 0 Å². The quantitative estimate of drug-likeness (QED) is 0.257. The largest absolute Gasteiger partial charge is 0.409 e. The summed E-state index contributed by atoms with van der Waals surface area (Å²) in [6.45, 7) is 5.30. The summed E-state index contributed by atoms with van der Waals surface area (Å²) >= 11 is 0. The topological polar surface area (TPSA) is 108 Å². The lowest BCUT2D eigenvalue weighted by molar-refractivity contribution is 0.312. The molecule has 0 heterocycles. The van der Waals surface area contributed by atoms with Gasteiger partial charge in [0.25, 0.3) is 10.2 Å². The number of rotatable bonds is 6. The number of hydrogen-bond acceptors (Lipinski definition) is 4. The Kier molecular flexibility index (Phi) is 5.70. The van der Waals surface area contributed by atoms with Crippen LogP contribution in [-0.2, 0) is 10.2 Å². The van der Waals surface area contributed by atoms with Crippen LogP contribution >= 0.6 is 0 Å². The maximum Gasteiger partial charge on any atom is 0.279 e. The van der Waals surface area contributed by atoms with Crippen molar-refractivity contribution in [1.82, 2.24) is 9.03 Å². The first-order valence-corrected chi connectivity index (χ1v) is 6.35. The lowest BCUT2D eigenvalue weighted by atomic mass is 10.2. The van der Waals surface area contributed by atoms with Gasteiger partial charge in [-0.2, -0.15) is 17.4 Å². The Balaban J connectivity index is 4.52. The first kappa shape index (κ1) is 15.1. The second kappa shape index (κ2) is 6.02. The van der Waals surface area contributed by atoms with Crippen LogP contribution in [0, 0.1) is 5.92 Å². The first-order valence-electron chi connectivity index (χ1n) is 4.91. The average Bonchev–Trinajstić information content (AvgIpc) is 2.14. The first-order chi connectivity index (χ1) is 7.20. The summed E-state index contributed by atoms with van der Waals surface area (Å²) in [6, 6.07) is -0.174. The van der Waals surface area contributed by atoms with Crippen LogP contribution in [0.1, 0.15) is 20.8 Å². The van der Waals surface area contributed by atoms with E-state index in [-0.39, 0.29) is 24.3 Å². The van der Waals surface area contributed by atoms with Crippen molar-refractivity contribution in [2.75, 3.05) is 13.6 Å². The molecule has 1 atom stereocenters. The van der Waals surface area contributed by atoms with Gasteiger partial charge in [0.1, 0.15) is 5.84 Å². The SMILES string of the molecule is CC(C)NS(=O)(=O)N(C)CC(C)C(N)=NO. The highest BCUT2D eigenvalue weighted by atomic mass is 32.2. The minimum atomic E-state index is -3.51. The molecule has 96 valence electrons. The van der Waals surface area contributed by atoms with Crippen molar-refractivity contribution in [3.8, 4) is 0 Å². The van der Waals surface area contributed by atoms with E-state index in [2.05, 4.69) is 9.88 Å². The zero-order valence-corrected chi connectivity index (χ0v) is 10.8. The summed E-state index contributed by atoms with van der Waals surface area (Å²) in [4.78, 5) is 0. The van der Waals surface area contributed by atoms with Crippen LogP contribution in [0.4, 0.5) is 0 Å². The van der Waals surface area contributed by atoms with E-state index >= 15 is 0 Å². The number of hydrogen-bond donors (Lipinski definition) is 3. The molecule has 0 aliphatic carbocycles. The second-order valence-corrected chi connectivity index (χ2v) is 5.79. The maximum atomic E-state index is 11.7. The summed E-state index contributed by atoms with van der Waals surface area (Å²) in [6.07, 6.45) is 0. The molecule has 0 aromatic carbocycles. The van der Waals surface area contributed by atoms with Crippen LogP contribution in [0.3, 0.4) is 0 Å². The molecule has 0 spiro atoms. The molecule has 8 heteroatoms. The van der Waals surface area contributed by atoms with E-state index in [9.17, 15) is 8.42 Å². The van der Waals surface area contributed by atoms with Gasteiger partial charge in [0.05, 0.1) is 0 Å². The van der Waals surface area contributed by atoms with Gasteiger partial charge in [-0.25, -0.2) is 0 Å². The second-order valence-electron chi connectivity index (χ2n) is 3.98. The Labute approximate surface area is 96.5 Å². The molecule has 0 aliphatic rings. The number of nitrogens with zero attached hydrogens (tertiary/aromatic N) is 2. The minimum Gasteiger partial charge on any atom is -0.409 e. The number of amidine groups is 1. The van der Waals surface area contributed by atoms with Gasteiger partial charge in [-0.3, -0.25) is 0 Å². The van der Waals surface area contributed by atoms with Gasteiger partial charge >= 0.3 is 0 Å². The zero-order valence-electron chi connectivity index (χ0n) is 10.0. The monoisotopic (exact) mass is 252 g/mol. The average molecular weight is 252 g/mol. The van der Waals surface area contributed by atoms with Crippen LogP contribution in [0.5, 0.6) is 0 Å². The third kappa shape index (κ3) is 4.77. The zero-order chi connectivity index (χ0) is 12.9. The third-order valence-corrected chi connectivity index (χ3v) is 3.69. The van der Waals surface area contributed by atoms with Crippen molar-refractivity contribution >= 4 is 16.0 Å². The molecule has 0 aliphatic heterocycles. The maximum absolute atomic E-state index is 11.7. The van der Waals surface area contributed by atoms with Crippen molar-refractivity contribution < 1.29 is 13.6 Å². The molecule has 16 heavy (non-hydrogen) atoms. The molecule has 0 aromatic heterocycles. The molecule has 0 fully saturated rings. The van der Waals surface area contributed by atoms with Crippen molar-refractivity contribution in [2.45, 2.75) is 26.8 Å². The Morgan fingerprint density at radius 3 is 2.38 bits per heavy atom. The summed E-state index contributed by atoms with van der Waals surface area (Å²) in [5.41, 5.74) is 5.37. The van der Waals surface area contributed by atoms with Crippen molar-refractivity contribution in [2.24, 2.45) is 16.8 Å². The van der Waals surface area contributed by atoms with Crippen molar-refractivity contribution in [1.29, 1.82) is 0 Å². The molecule has 0 bridgehead atoms. The molecular formula is C8H20N4O3S. The van der Waals surface area contributed by atoms with E-state index in [1.54, 1.807) is 20.8 Å². The van der Waals surface area contributed by atoms with Gasteiger partial charge in [0, 0.05) is 25.6 Å². The van der Waals surface area contributed by atoms with Gasteiger partial charge in [-0.1, -0.05) is 12.1 Å². The van der Waals surface area contributed by atoms with Gasteiger partial charge in [-0.15, -0.1) is 0 Å². The molecule has 0 saturated heterocycles. The molecule has 1 unspecified atom stereocenters. The van der Waals surface area contributed by atoms with Gasteiger partial charge in [-0.05, 0) is 13.8 Å². The van der Waals surface area contributed by atoms with Crippen molar-refractivity contribution in [3.05, 3.63) is 0 Å². The lowest BCUT2D eigenvalue weighted by Gasteiger charge is -2.22. The molecule has 4 N–H and O–H groups in total. The predicted molar refractivity (Wildman–Crippen MR) is 62.4 cm³/mol. The summed E-state index contributed by atoms with van der Waals surface area (Å²) in [7, 11) is -2.07. The highest BCUT2D eigenvalue weighted by Gasteiger charge is 2.21. The summed E-state index contributed by atoms with van der Waals surface area (Å²) in [5, 5.41) is 11.3. The van der Waals surface area contributed by atoms with Gasteiger partial charge in [0.15, 0.2) is 0 Å². The fourth-order valence-corrected chi connectivity index (χ4v) is 2.26. The van der Waals surface area contributed by atoms with E-state index in [0.717, 1.165) is 4.31 Å². The molecule has 0 aromatic rings. The number of oxime groups is 1. The van der Waals surface area contributed by atoms with Crippen molar-refractivity contribution in [3.63, 3.8) is 0 Å². The smallest absolute Gasteiger partial charge is 0.279 e. The summed E-state index contributed by atoms with van der Waals surface area (Å²) in [5.74, 6) is -0.342. The van der Waals surface area contributed by atoms with E-state index < -0.39 is 10.2 Å². The fraction of sp³-hybridized carbons (Fsp3) is 0.875. The highest BCUT2D eigenvalue weighted by molar-refractivity contribution is 7.87. The molecule has 0 rings (SSSR count). The van der Waals surface area contributed by atoms with Gasteiger partial charge < -0.3 is 10.9 Å². The Hall–Kier alpha value is -0.860. The number of nitrogens with one attached hydrogen (secondary N) is 1. The van der Waals surface area contributed by atoms with Crippen LogP contribution in [-0.4, -0.2) is 43.4 Å². The predicted octanol–water partition coefficient (Wildman–Crippen LogP) is -0.456. The van der Waals surface area contributed by atoms with Crippen LogP contribution in [0.15, 0.2) is 5.16 Å². The Morgan fingerprint density at radius 2 is 2.00 bits per heavy atom. The highest BCUT2D eigenvalue weighted by Crippen LogP contribution is 2.03. The Morgan fingerprint density at radius 1 is 1.50 bits per heavy atom. The standard InChI is InChI=1S/C8H20N4O3S/c1-6(2)11-16(14,15)12(4)5-7(3)8(9)10-13/h6-7,11,13H,5H2,1-4H3,(H2,9,10). The third-order valence-electron chi connectivity index (χ3n) is 1.95. The molecular weight excluding hydrogens is 232 g/mol. The van der Waals surface area contributed by atoms with E-state index in [4.69, 9.17) is 10.9 Å². The molecule has 7 nitrogen and oxygen atoms in total. The number of nitrogens with two attached hydrogens (primary N) is 1. The van der Waals surface area contributed by atoms with E-state index in [1.807, 2.05) is 0 Å². The normalized spacial score (nSPS) is 15.8. The van der Waals surface area contributed by atoms with Crippen LogP contribution < -0.4 is 10.5 Å². The van der Waals surface area contributed by atoms with Crippen LogP contribution in [0.25, 0.3) is 0 Å². The lowest BCUT2D eigenvalue weighted by Crippen LogP contribution is -2.44.